The molecule has 0 aliphatic carbocycles. The molecule has 0 bridgehead atoms. The highest BCUT2D eigenvalue weighted by molar-refractivity contribution is 5.76. The van der Waals surface area contributed by atoms with Crippen molar-refractivity contribution < 1.29 is 9.13 Å². The van der Waals surface area contributed by atoms with Crippen molar-refractivity contribution in [1.82, 2.24) is 9.97 Å². The molecular weight excluding hydrogens is 245 g/mol. The van der Waals surface area contributed by atoms with Gasteiger partial charge in [0, 0.05) is 24.5 Å². The minimum absolute atomic E-state index is 0.331. The molecule has 0 radical (unpaired) electrons. The fourth-order valence-electron chi connectivity index (χ4n) is 1.77. The molecule has 2 aromatic rings. The Labute approximate surface area is 111 Å². The Balaban J connectivity index is 2.48. The van der Waals surface area contributed by atoms with Crippen molar-refractivity contribution in [3.05, 3.63) is 36.4 Å². The van der Waals surface area contributed by atoms with E-state index in [0.717, 1.165) is 13.0 Å². The van der Waals surface area contributed by atoms with Crippen LogP contribution in [0.1, 0.15) is 13.3 Å². The van der Waals surface area contributed by atoms with Crippen molar-refractivity contribution in [1.29, 1.82) is 0 Å². The van der Waals surface area contributed by atoms with Crippen LogP contribution in [0.25, 0.3) is 11.3 Å². The Morgan fingerprint density at radius 2 is 2.05 bits per heavy atom. The monoisotopic (exact) mass is 261 g/mol. The molecule has 0 aliphatic heterocycles. The molecule has 1 aromatic carbocycles. The summed E-state index contributed by atoms with van der Waals surface area (Å²) in [4.78, 5) is 8.53. The highest BCUT2D eigenvalue weighted by Crippen LogP contribution is 2.32. The Morgan fingerprint density at radius 1 is 1.26 bits per heavy atom. The number of nitrogens with one attached hydrogen (secondary N) is 1. The van der Waals surface area contributed by atoms with Gasteiger partial charge in [-0.15, -0.1) is 0 Å². The lowest BCUT2D eigenvalue weighted by molar-refractivity contribution is 0.415. The molecule has 1 N–H and O–H groups in total. The van der Waals surface area contributed by atoms with Crippen LogP contribution in [0.15, 0.2) is 30.6 Å². The zero-order valence-corrected chi connectivity index (χ0v) is 11.0. The third-order valence-electron chi connectivity index (χ3n) is 2.66. The number of hydrogen-bond donors (Lipinski definition) is 1. The van der Waals surface area contributed by atoms with E-state index in [2.05, 4.69) is 22.2 Å². The van der Waals surface area contributed by atoms with E-state index in [0.29, 0.717) is 22.8 Å². The van der Waals surface area contributed by atoms with E-state index in [4.69, 9.17) is 4.74 Å². The molecule has 2 rings (SSSR count). The van der Waals surface area contributed by atoms with Gasteiger partial charge >= 0.3 is 0 Å². The summed E-state index contributed by atoms with van der Waals surface area (Å²) < 4.78 is 18.7. The van der Waals surface area contributed by atoms with E-state index in [1.165, 1.54) is 12.1 Å². The van der Waals surface area contributed by atoms with Gasteiger partial charge in [0.25, 0.3) is 0 Å². The third kappa shape index (κ3) is 2.99. The smallest absolute Gasteiger partial charge is 0.152 e. The van der Waals surface area contributed by atoms with Crippen LogP contribution in [0.3, 0.4) is 0 Å². The molecule has 0 atom stereocenters. The summed E-state index contributed by atoms with van der Waals surface area (Å²) in [5.41, 5.74) is 1.18. The number of methoxy groups -OCH3 is 1. The predicted octanol–water partition coefficient (Wildman–Crippen LogP) is 3.11. The molecule has 100 valence electrons. The first-order valence-electron chi connectivity index (χ1n) is 6.15. The molecule has 5 heteroatoms. The molecule has 0 fully saturated rings. The molecule has 0 spiro atoms. The predicted molar refractivity (Wildman–Crippen MR) is 72.8 cm³/mol. The molecular formula is C14H16FN3O. The highest BCUT2D eigenvalue weighted by Gasteiger charge is 2.13. The van der Waals surface area contributed by atoms with Gasteiger partial charge in [-0.3, -0.25) is 4.98 Å². The van der Waals surface area contributed by atoms with Crippen molar-refractivity contribution in [2.24, 2.45) is 0 Å². The fourth-order valence-corrected chi connectivity index (χ4v) is 1.77. The Hall–Kier alpha value is -2.17. The van der Waals surface area contributed by atoms with Crippen LogP contribution in [0.4, 0.5) is 10.2 Å². The van der Waals surface area contributed by atoms with Gasteiger partial charge in [0.15, 0.2) is 5.82 Å². The average Bonchev–Trinajstić information content (AvgIpc) is 2.45. The van der Waals surface area contributed by atoms with Crippen molar-refractivity contribution in [3.63, 3.8) is 0 Å². The van der Waals surface area contributed by atoms with Crippen LogP contribution in [0.2, 0.25) is 0 Å². The summed E-state index contributed by atoms with van der Waals surface area (Å²) in [6.45, 7) is 2.84. The number of hydrogen-bond acceptors (Lipinski definition) is 4. The standard InChI is InChI=1S/C14H16FN3O/c1-3-6-17-14-13(16-7-8-18-14)11-9-10(15)4-5-12(11)19-2/h4-5,7-9H,3,6H2,1-2H3,(H,17,18). The number of nitrogens with zero attached hydrogens (tertiary/aromatic N) is 2. The summed E-state index contributed by atoms with van der Waals surface area (Å²) >= 11 is 0. The SMILES string of the molecule is CCCNc1nccnc1-c1cc(F)ccc1OC. The number of aromatic nitrogens is 2. The second kappa shape index (κ2) is 6.13. The van der Waals surface area contributed by atoms with Gasteiger partial charge in [-0.1, -0.05) is 6.92 Å². The van der Waals surface area contributed by atoms with Crippen LogP contribution in [0, 0.1) is 5.82 Å². The summed E-state index contributed by atoms with van der Waals surface area (Å²) in [6, 6.07) is 4.35. The molecule has 0 saturated carbocycles. The molecule has 0 saturated heterocycles. The first-order valence-corrected chi connectivity index (χ1v) is 6.15. The second-order valence-electron chi connectivity index (χ2n) is 4.02. The van der Waals surface area contributed by atoms with E-state index in [9.17, 15) is 4.39 Å². The van der Waals surface area contributed by atoms with Gasteiger partial charge in [-0.2, -0.15) is 0 Å². The molecule has 0 amide bonds. The quantitative estimate of drug-likeness (QED) is 0.898. The van der Waals surface area contributed by atoms with E-state index in [-0.39, 0.29) is 5.82 Å². The minimum Gasteiger partial charge on any atom is -0.496 e. The van der Waals surface area contributed by atoms with Crippen molar-refractivity contribution >= 4 is 5.82 Å². The number of benzene rings is 1. The van der Waals surface area contributed by atoms with Gasteiger partial charge in [-0.05, 0) is 24.6 Å². The zero-order valence-electron chi connectivity index (χ0n) is 11.0. The summed E-state index contributed by atoms with van der Waals surface area (Å²) in [7, 11) is 1.55. The maximum atomic E-state index is 13.4. The maximum absolute atomic E-state index is 13.4. The van der Waals surface area contributed by atoms with Gasteiger partial charge < -0.3 is 10.1 Å². The molecule has 0 unspecified atom stereocenters. The topological polar surface area (TPSA) is 47.0 Å². The lowest BCUT2D eigenvalue weighted by atomic mass is 10.1. The second-order valence-corrected chi connectivity index (χ2v) is 4.02. The lowest BCUT2D eigenvalue weighted by Gasteiger charge is -2.12. The average molecular weight is 261 g/mol. The Kier molecular flexibility index (Phi) is 4.28. The van der Waals surface area contributed by atoms with Crippen LogP contribution >= 0.6 is 0 Å². The lowest BCUT2D eigenvalue weighted by Crippen LogP contribution is -2.05. The summed E-state index contributed by atoms with van der Waals surface area (Å²) in [5.74, 6) is 0.873. The minimum atomic E-state index is -0.331. The van der Waals surface area contributed by atoms with Crippen LogP contribution in [-0.4, -0.2) is 23.6 Å². The molecule has 0 aliphatic rings. The van der Waals surface area contributed by atoms with Gasteiger partial charge in [0.1, 0.15) is 17.3 Å². The molecule has 19 heavy (non-hydrogen) atoms. The molecule has 1 aromatic heterocycles. The molecule has 4 nitrogen and oxygen atoms in total. The number of rotatable bonds is 5. The zero-order chi connectivity index (χ0) is 13.7. The fraction of sp³-hybridized carbons (Fsp3) is 0.286. The first kappa shape index (κ1) is 13.3. The largest absolute Gasteiger partial charge is 0.496 e. The Bertz CT molecular complexity index is 560. The highest BCUT2D eigenvalue weighted by atomic mass is 19.1. The Morgan fingerprint density at radius 3 is 2.79 bits per heavy atom. The normalized spacial score (nSPS) is 10.3. The summed E-state index contributed by atoms with van der Waals surface area (Å²) in [6.07, 6.45) is 4.15. The van der Waals surface area contributed by atoms with Gasteiger partial charge in [0.2, 0.25) is 0 Å². The van der Waals surface area contributed by atoms with E-state index >= 15 is 0 Å². The van der Waals surface area contributed by atoms with Crippen LogP contribution in [-0.2, 0) is 0 Å². The van der Waals surface area contributed by atoms with E-state index in [1.807, 2.05) is 0 Å². The first-order chi connectivity index (χ1) is 9.26. The molecule has 1 heterocycles. The van der Waals surface area contributed by atoms with Crippen LogP contribution in [0.5, 0.6) is 5.75 Å². The summed E-state index contributed by atoms with van der Waals surface area (Å²) in [5, 5.41) is 3.18. The number of anilines is 1. The number of halogens is 1. The van der Waals surface area contributed by atoms with Crippen LogP contribution < -0.4 is 10.1 Å². The van der Waals surface area contributed by atoms with Crippen molar-refractivity contribution in [3.8, 4) is 17.0 Å². The van der Waals surface area contributed by atoms with Crippen molar-refractivity contribution in [2.75, 3.05) is 19.0 Å². The van der Waals surface area contributed by atoms with E-state index < -0.39 is 0 Å². The van der Waals surface area contributed by atoms with Gasteiger partial charge in [-0.25, -0.2) is 9.37 Å². The van der Waals surface area contributed by atoms with Gasteiger partial charge in [0.05, 0.1) is 7.11 Å². The number of ether oxygens (including phenoxy) is 1. The van der Waals surface area contributed by atoms with E-state index in [1.54, 1.807) is 25.6 Å². The maximum Gasteiger partial charge on any atom is 0.152 e. The third-order valence-corrected chi connectivity index (χ3v) is 2.66. The van der Waals surface area contributed by atoms with Crippen molar-refractivity contribution in [2.45, 2.75) is 13.3 Å².